The molecule has 1 aromatic carbocycles. The van der Waals surface area contributed by atoms with Gasteiger partial charge in [-0.1, -0.05) is 30.3 Å². The Hall–Kier alpha value is -1.53. The van der Waals surface area contributed by atoms with Gasteiger partial charge in [-0.25, -0.2) is 4.79 Å². The van der Waals surface area contributed by atoms with Crippen LogP contribution in [0.4, 0.5) is 0 Å². The zero-order chi connectivity index (χ0) is 15.1. The number of thioether (sulfide) groups is 1. The molecule has 114 valence electrons. The molecule has 0 saturated carbocycles. The van der Waals surface area contributed by atoms with Crippen molar-refractivity contribution >= 4 is 23.6 Å². The fraction of sp³-hybridized carbons (Fsp3) is 0.467. The third-order valence-corrected chi connectivity index (χ3v) is 4.28. The van der Waals surface area contributed by atoms with Crippen LogP contribution in [-0.4, -0.2) is 59.2 Å². The van der Waals surface area contributed by atoms with Gasteiger partial charge in [-0.15, -0.1) is 0 Å². The summed E-state index contributed by atoms with van der Waals surface area (Å²) in [6.07, 6.45) is 0.907. The van der Waals surface area contributed by atoms with Crippen molar-refractivity contribution in [2.24, 2.45) is 0 Å². The molecule has 0 aromatic heterocycles. The average molecular weight is 309 g/mol. The van der Waals surface area contributed by atoms with E-state index in [0.29, 0.717) is 18.9 Å². The molecule has 1 aromatic rings. The lowest BCUT2D eigenvalue weighted by Gasteiger charge is -2.32. The molecule has 1 amide bonds. The van der Waals surface area contributed by atoms with Gasteiger partial charge in [0.15, 0.2) is 6.04 Å². The lowest BCUT2D eigenvalue weighted by Crippen LogP contribution is -2.53. The van der Waals surface area contributed by atoms with Gasteiger partial charge in [-0.3, -0.25) is 4.79 Å². The molecule has 1 unspecified atom stereocenters. The molecule has 0 bridgehead atoms. The second kappa shape index (κ2) is 8.05. The van der Waals surface area contributed by atoms with Crippen molar-refractivity contribution < 1.29 is 19.4 Å². The van der Waals surface area contributed by atoms with Crippen LogP contribution >= 0.6 is 11.8 Å². The molecule has 1 aliphatic rings. The summed E-state index contributed by atoms with van der Waals surface area (Å²) in [4.78, 5) is 24.6. The minimum Gasteiger partial charge on any atom is -0.480 e. The second-order valence-electron chi connectivity index (χ2n) is 4.80. The van der Waals surface area contributed by atoms with E-state index in [1.807, 2.05) is 18.2 Å². The predicted molar refractivity (Wildman–Crippen MR) is 81.4 cm³/mol. The topological polar surface area (TPSA) is 66.8 Å². The van der Waals surface area contributed by atoms with Crippen molar-refractivity contribution in [3.63, 3.8) is 0 Å². The molecule has 1 heterocycles. The van der Waals surface area contributed by atoms with Gasteiger partial charge in [-0.2, -0.15) is 11.8 Å². The monoisotopic (exact) mass is 309 g/mol. The van der Waals surface area contributed by atoms with E-state index < -0.39 is 12.0 Å². The van der Waals surface area contributed by atoms with Crippen molar-refractivity contribution in [3.8, 4) is 0 Å². The maximum absolute atomic E-state index is 12.1. The fourth-order valence-corrected chi connectivity index (χ4v) is 3.05. The van der Waals surface area contributed by atoms with Gasteiger partial charge in [0.25, 0.3) is 0 Å². The van der Waals surface area contributed by atoms with Crippen LogP contribution in [0, 0.1) is 0 Å². The molecule has 0 aliphatic carbocycles. The average Bonchev–Trinajstić information content (AvgIpc) is 2.52. The first-order valence-electron chi connectivity index (χ1n) is 6.90. The minimum atomic E-state index is -1.00. The summed E-state index contributed by atoms with van der Waals surface area (Å²) >= 11 is 1.54. The number of benzene rings is 1. The Bertz CT molecular complexity index is 480. The first kappa shape index (κ1) is 15.9. The number of amides is 1. The Morgan fingerprint density at radius 3 is 2.81 bits per heavy atom. The van der Waals surface area contributed by atoms with Crippen molar-refractivity contribution in [2.45, 2.75) is 12.5 Å². The maximum atomic E-state index is 12.1. The molecule has 5 nitrogen and oxygen atoms in total. The number of hydrogen-bond acceptors (Lipinski definition) is 4. The number of rotatable bonds is 6. The lowest BCUT2D eigenvalue weighted by atomic mass is 10.2. The molecule has 1 fully saturated rings. The number of carboxylic acids is 1. The molecule has 1 atom stereocenters. The summed E-state index contributed by atoms with van der Waals surface area (Å²) in [7, 11) is 0. The van der Waals surface area contributed by atoms with Crippen LogP contribution in [0.3, 0.4) is 0 Å². The Kier molecular flexibility index (Phi) is 6.07. The number of morpholine rings is 1. The number of carbonyl (C=O) groups is 2. The Morgan fingerprint density at radius 1 is 1.33 bits per heavy atom. The summed E-state index contributed by atoms with van der Waals surface area (Å²) in [5.41, 5.74) is 1.24. The van der Waals surface area contributed by atoms with Crippen LogP contribution in [0.15, 0.2) is 30.3 Å². The maximum Gasteiger partial charge on any atom is 0.328 e. The van der Waals surface area contributed by atoms with Crippen molar-refractivity contribution in [1.82, 2.24) is 4.90 Å². The molecular weight excluding hydrogens is 290 g/mol. The number of aliphatic carboxylic acids is 1. The van der Waals surface area contributed by atoms with E-state index in [0.717, 1.165) is 12.2 Å². The van der Waals surface area contributed by atoms with Crippen LogP contribution in [-0.2, 0) is 20.7 Å². The van der Waals surface area contributed by atoms with Crippen molar-refractivity contribution in [2.75, 3.05) is 31.3 Å². The standard InChI is InChI=1S/C15H19NO4S/c17-14(16-7-8-20-10-13(16)15(18)19)11-21-9-6-12-4-2-1-3-5-12/h1-5,13H,6-11H2,(H,18,19). The predicted octanol–water partition coefficient (Wildman–Crippen LogP) is 1.27. The Balaban J connectivity index is 1.74. The van der Waals surface area contributed by atoms with E-state index in [2.05, 4.69) is 12.1 Å². The van der Waals surface area contributed by atoms with Crippen LogP contribution in [0.2, 0.25) is 0 Å². The van der Waals surface area contributed by atoms with Gasteiger partial charge < -0.3 is 14.7 Å². The van der Waals surface area contributed by atoms with E-state index in [4.69, 9.17) is 9.84 Å². The van der Waals surface area contributed by atoms with Gasteiger partial charge >= 0.3 is 5.97 Å². The summed E-state index contributed by atoms with van der Waals surface area (Å²) in [5.74, 6) is 0.0372. The van der Waals surface area contributed by atoms with E-state index in [1.165, 1.54) is 22.2 Å². The van der Waals surface area contributed by atoms with Crippen molar-refractivity contribution in [3.05, 3.63) is 35.9 Å². The number of ether oxygens (including phenoxy) is 1. The molecule has 1 aliphatic heterocycles. The summed E-state index contributed by atoms with van der Waals surface area (Å²) in [5, 5.41) is 9.10. The molecule has 0 spiro atoms. The Labute approximate surface area is 128 Å². The highest BCUT2D eigenvalue weighted by atomic mass is 32.2. The first-order chi connectivity index (χ1) is 10.2. The number of carbonyl (C=O) groups excluding carboxylic acids is 1. The van der Waals surface area contributed by atoms with Gasteiger partial charge in [0.2, 0.25) is 5.91 Å². The number of aryl methyl sites for hydroxylation is 1. The van der Waals surface area contributed by atoms with Gasteiger partial charge in [-0.05, 0) is 17.7 Å². The van der Waals surface area contributed by atoms with Gasteiger partial charge in [0, 0.05) is 6.54 Å². The normalized spacial score (nSPS) is 18.5. The number of hydrogen-bond donors (Lipinski definition) is 1. The summed E-state index contributed by atoms with van der Waals surface area (Å²) in [6, 6.07) is 9.24. The van der Waals surface area contributed by atoms with E-state index in [1.54, 1.807) is 0 Å². The van der Waals surface area contributed by atoms with E-state index in [-0.39, 0.29) is 12.5 Å². The highest BCUT2D eigenvalue weighted by Gasteiger charge is 2.32. The van der Waals surface area contributed by atoms with Crippen LogP contribution < -0.4 is 0 Å². The zero-order valence-electron chi connectivity index (χ0n) is 11.7. The van der Waals surface area contributed by atoms with Crippen molar-refractivity contribution in [1.29, 1.82) is 0 Å². The molecular formula is C15H19NO4S. The molecule has 0 radical (unpaired) electrons. The Morgan fingerprint density at radius 2 is 2.10 bits per heavy atom. The highest BCUT2D eigenvalue weighted by Crippen LogP contribution is 2.12. The molecule has 1 N–H and O–H groups in total. The smallest absolute Gasteiger partial charge is 0.328 e. The highest BCUT2D eigenvalue weighted by molar-refractivity contribution is 7.99. The third kappa shape index (κ3) is 4.75. The lowest BCUT2D eigenvalue weighted by molar-refractivity contribution is -0.157. The minimum absolute atomic E-state index is 0.0791. The van der Waals surface area contributed by atoms with Crippen LogP contribution in [0.25, 0.3) is 0 Å². The molecule has 6 heteroatoms. The fourth-order valence-electron chi connectivity index (χ4n) is 2.18. The molecule has 2 rings (SSSR count). The summed E-state index contributed by atoms with van der Waals surface area (Å²) < 4.78 is 5.13. The molecule has 21 heavy (non-hydrogen) atoms. The largest absolute Gasteiger partial charge is 0.480 e. The summed E-state index contributed by atoms with van der Waals surface area (Å²) in [6.45, 7) is 0.842. The number of nitrogens with zero attached hydrogens (tertiary/aromatic N) is 1. The van der Waals surface area contributed by atoms with E-state index >= 15 is 0 Å². The molecule has 1 saturated heterocycles. The van der Waals surface area contributed by atoms with Gasteiger partial charge in [0.05, 0.1) is 19.0 Å². The quantitative estimate of drug-likeness (QED) is 0.802. The van der Waals surface area contributed by atoms with E-state index in [9.17, 15) is 9.59 Å². The van der Waals surface area contributed by atoms with Crippen LogP contribution in [0.1, 0.15) is 5.56 Å². The SMILES string of the molecule is O=C(O)C1COCCN1C(=O)CSCCc1ccccc1. The van der Waals surface area contributed by atoms with Crippen LogP contribution in [0.5, 0.6) is 0 Å². The van der Waals surface area contributed by atoms with Gasteiger partial charge in [0.1, 0.15) is 0 Å². The zero-order valence-corrected chi connectivity index (χ0v) is 12.6. The third-order valence-electron chi connectivity index (χ3n) is 3.34. The number of carboxylic acid groups (broad SMARTS) is 1. The first-order valence-corrected chi connectivity index (χ1v) is 8.05. The second-order valence-corrected chi connectivity index (χ2v) is 5.91.